The molecule has 4 rings (SSSR count). The number of amides is 1. The highest BCUT2D eigenvalue weighted by molar-refractivity contribution is 5.76. The van der Waals surface area contributed by atoms with Gasteiger partial charge in [-0.05, 0) is 51.2 Å². The lowest BCUT2D eigenvalue weighted by atomic mass is 9.96. The van der Waals surface area contributed by atoms with Crippen molar-refractivity contribution in [2.24, 2.45) is 5.92 Å². The minimum atomic E-state index is 0.264. The molecule has 2 saturated heterocycles. The van der Waals surface area contributed by atoms with Crippen LogP contribution in [0.4, 0.5) is 5.82 Å². The first-order chi connectivity index (χ1) is 14.6. The summed E-state index contributed by atoms with van der Waals surface area (Å²) in [5, 5.41) is 4.00. The number of nitrogens with zero attached hydrogens (tertiary/aromatic N) is 5. The second kappa shape index (κ2) is 9.60. The highest BCUT2D eigenvalue weighted by atomic mass is 16.5. The van der Waals surface area contributed by atoms with Crippen molar-refractivity contribution in [3.05, 3.63) is 41.4 Å². The lowest BCUT2D eigenvalue weighted by Gasteiger charge is -2.39. The maximum atomic E-state index is 12.8. The van der Waals surface area contributed by atoms with Crippen molar-refractivity contribution in [2.75, 3.05) is 50.7 Å². The molecule has 7 heteroatoms. The molecule has 162 valence electrons. The molecule has 2 aliphatic heterocycles. The molecule has 0 aliphatic carbocycles. The molecular formula is C23H33N5O2. The summed E-state index contributed by atoms with van der Waals surface area (Å²) >= 11 is 0. The Labute approximate surface area is 179 Å². The Balaban J connectivity index is 1.23. The fraction of sp³-hybridized carbons (Fsp3) is 0.609. The molecule has 4 heterocycles. The largest absolute Gasteiger partial charge is 0.361 e. The van der Waals surface area contributed by atoms with Gasteiger partial charge in [0.1, 0.15) is 11.6 Å². The van der Waals surface area contributed by atoms with Gasteiger partial charge in [-0.1, -0.05) is 11.2 Å². The first-order valence-electron chi connectivity index (χ1n) is 11.2. The molecule has 0 spiro atoms. The highest BCUT2D eigenvalue weighted by Gasteiger charge is 2.27. The van der Waals surface area contributed by atoms with E-state index in [-0.39, 0.29) is 5.91 Å². The van der Waals surface area contributed by atoms with Crippen molar-refractivity contribution in [1.82, 2.24) is 19.9 Å². The smallest absolute Gasteiger partial charge is 0.222 e. The highest BCUT2D eigenvalue weighted by Crippen LogP contribution is 2.21. The maximum absolute atomic E-state index is 12.8. The van der Waals surface area contributed by atoms with Crippen LogP contribution in [0.1, 0.15) is 36.3 Å². The Kier molecular flexibility index (Phi) is 6.67. The van der Waals surface area contributed by atoms with Crippen LogP contribution in [-0.2, 0) is 11.2 Å². The molecule has 1 amide bonds. The van der Waals surface area contributed by atoms with Crippen molar-refractivity contribution in [3.8, 4) is 0 Å². The second-order valence-corrected chi connectivity index (χ2v) is 8.63. The topological polar surface area (TPSA) is 65.7 Å². The van der Waals surface area contributed by atoms with E-state index >= 15 is 0 Å². The number of rotatable bonds is 6. The van der Waals surface area contributed by atoms with E-state index in [0.29, 0.717) is 12.3 Å². The summed E-state index contributed by atoms with van der Waals surface area (Å²) in [5.41, 5.74) is 1.99. The van der Waals surface area contributed by atoms with Gasteiger partial charge in [-0.2, -0.15) is 0 Å². The van der Waals surface area contributed by atoms with Gasteiger partial charge in [0.2, 0.25) is 5.91 Å². The minimum absolute atomic E-state index is 0.264. The lowest BCUT2D eigenvalue weighted by molar-refractivity contribution is -0.133. The van der Waals surface area contributed by atoms with Gasteiger partial charge in [-0.25, -0.2) is 4.98 Å². The molecular weight excluding hydrogens is 378 g/mol. The Hall–Kier alpha value is -2.41. The van der Waals surface area contributed by atoms with Crippen LogP contribution in [0.5, 0.6) is 0 Å². The molecule has 0 radical (unpaired) electrons. The summed E-state index contributed by atoms with van der Waals surface area (Å²) in [5.74, 6) is 2.74. The predicted molar refractivity (Wildman–Crippen MR) is 116 cm³/mol. The van der Waals surface area contributed by atoms with Crippen LogP contribution in [0.3, 0.4) is 0 Å². The molecule has 0 N–H and O–H groups in total. The zero-order valence-corrected chi connectivity index (χ0v) is 18.2. The number of piperazine rings is 1. The molecule has 2 aromatic heterocycles. The average Bonchev–Trinajstić information content (AvgIpc) is 3.10. The predicted octanol–water partition coefficient (Wildman–Crippen LogP) is 2.68. The zero-order chi connectivity index (χ0) is 20.9. The third kappa shape index (κ3) is 5.01. The Bertz CT molecular complexity index is 810. The number of piperidine rings is 1. The monoisotopic (exact) mass is 411 g/mol. The molecule has 1 unspecified atom stereocenters. The summed E-state index contributed by atoms with van der Waals surface area (Å²) < 4.78 is 5.22. The lowest BCUT2D eigenvalue weighted by Crippen LogP contribution is -2.50. The molecule has 1 atom stereocenters. The van der Waals surface area contributed by atoms with Gasteiger partial charge < -0.3 is 14.3 Å². The van der Waals surface area contributed by atoms with Crippen molar-refractivity contribution >= 4 is 11.7 Å². The van der Waals surface area contributed by atoms with Crippen LogP contribution < -0.4 is 4.90 Å². The second-order valence-electron chi connectivity index (χ2n) is 8.63. The van der Waals surface area contributed by atoms with Crippen LogP contribution in [-0.4, -0.2) is 71.7 Å². The van der Waals surface area contributed by atoms with E-state index in [1.165, 1.54) is 6.42 Å². The van der Waals surface area contributed by atoms with E-state index in [0.717, 1.165) is 81.5 Å². The van der Waals surface area contributed by atoms with Gasteiger partial charge in [-0.15, -0.1) is 0 Å². The number of hydrogen-bond acceptors (Lipinski definition) is 6. The van der Waals surface area contributed by atoms with E-state index in [9.17, 15) is 4.79 Å². The van der Waals surface area contributed by atoms with Crippen LogP contribution in [0, 0.1) is 19.8 Å². The van der Waals surface area contributed by atoms with Crippen LogP contribution >= 0.6 is 0 Å². The molecule has 30 heavy (non-hydrogen) atoms. The molecule has 2 fully saturated rings. The van der Waals surface area contributed by atoms with Gasteiger partial charge in [0.25, 0.3) is 0 Å². The fourth-order valence-corrected chi connectivity index (χ4v) is 4.75. The first kappa shape index (κ1) is 20.8. The van der Waals surface area contributed by atoms with Gasteiger partial charge in [0, 0.05) is 64.0 Å². The van der Waals surface area contributed by atoms with Crippen molar-refractivity contribution < 1.29 is 9.32 Å². The fourth-order valence-electron chi connectivity index (χ4n) is 4.75. The number of likely N-dealkylation sites (tertiary alicyclic amines) is 1. The Morgan fingerprint density at radius 3 is 2.70 bits per heavy atom. The van der Waals surface area contributed by atoms with Crippen LogP contribution in [0.15, 0.2) is 28.9 Å². The molecule has 2 aromatic rings. The first-order valence-corrected chi connectivity index (χ1v) is 11.2. The number of carbonyl (C=O) groups excluding carboxylic acids is 1. The SMILES string of the molecule is Cc1noc(C)c1CCC(=O)N1CCCC(CN2CCN(c3ccccn3)CC2)C1. The number of pyridine rings is 1. The van der Waals surface area contributed by atoms with E-state index in [1.54, 1.807) is 0 Å². The summed E-state index contributed by atoms with van der Waals surface area (Å²) in [6.07, 6.45) is 5.44. The van der Waals surface area contributed by atoms with E-state index in [4.69, 9.17) is 4.52 Å². The molecule has 0 bridgehead atoms. The summed E-state index contributed by atoms with van der Waals surface area (Å²) in [6, 6.07) is 6.10. The Morgan fingerprint density at radius 1 is 1.17 bits per heavy atom. The third-order valence-corrected chi connectivity index (χ3v) is 6.50. The number of hydrogen-bond donors (Lipinski definition) is 0. The summed E-state index contributed by atoms with van der Waals surface area (Å²) in [4.78, 5) is 24.3. The van der Waals surface area contributed by atoms with Crippen LogP contribution in [0.25, 0.3) is 0 Å². The van der Waals surface area contributed by atoms with E-state index < -0.39 is 0 Å². The van der Waals surface area contributed by atoms with E-state index in [2.05, 4.69) is 30.9 Å². The quantitative estimate of drug-likeness (QED) is 0.728. The van der Waals surface area contributed by atoms with Crippen molar-refractivity contribution in [3.63, 3.8) is 0 Å². The number of anilines is 1. The third-order valence-electron chi connectivity index (χ3n) is 6.50. The number of aryl methyl sites for hydroxylation is 2. The van der Waals surface area contributed by atoms with Crippen molar-refractivity contribution in [2.45, 2.75) is 39.5 Å². The van der Waals surface area contributed by atoms with Gasteiger partial charge in [0.05, 0.1) is 5.69 Å². The van der Waals surface area contributed by atoms with Crippen molar-refractivity contribution in [1.29, 1.82) is 0 Å². The summed E-state index contributed by atoms with van der Waals surface area (Å²) in [7, 11) is 0. The van der Waals surface area contributed by atoms with Gasteiger partial charge >= 0.3 is 0 Å². The molecule has 0 saturated carbocycles. The molecule has 7 nitrogen and oxygen atoms in total. The number of carbonyl (C=O) groups is 1. The molecule has 2 aliphatic rings. The van der Waals surface area contributed by atoms with Gasteiger partial charge in [0.15, 0.2) is 0 Å². The Morgan fingerprint density at radius 2 is 2.00 bits per heavy atom. The normalized spacial score (nSPS) is 20.5. The van der Waals surface area contributed by atoms with Crippen LogP contribution in [0.2, 0.25) is 0 Å². The average molecular weight is 412 g/mol. The van der Waals surface area contributed by atoms with E-state index in [1.807, 2.05) is 32.2 Å². The maximum Gasteiger partial charge on any atom is 0.222 e. The number of aromatic nitrogens is 2. The molecule has 0 aromatic carbocycles. The minimum Gasteiger partial charge on any atom is -0.361 e. The standard InChI is InChI=1S/C23H33N5O2/c1-18-21(19(2)30-25-18)8-9-23(29)28-11-5-6-20(17-28)16-26-12-14-27(15-13-26)22-7-3-4-10-24-22/h3-4,7,10,20H,5-6,8-9,11-17H2,1-2H3. The zero-order valence-electron chi connectivity index (χ0n) is 18.2. The van der Waals surface area contributed by atoms with Gasteiger partial charge in [-0.3, -0.25) is 9.69 Å². The summed E-state index contributed by atoms with van der Waals surface area (Å²) in [6.45, 7) is 10.9.